The molecule has 7 nitrogen and oxygen atoms in total. The topological polar surface area (TPSA) is 98.8 Å². The summed E-state index contributed by atoms with van der Waals surface area (Å²) in [5.74, 6) is 1.12. The fourth-order valence-corrected chi connectivity index (χ4v) is 4.95. The molecule has 1 atom stereocenters. The maximum atomic E-state index is 12.7. The zero-order valence-corrected chi connectivity index (χ0v) is 16.3. The lowest BCUT2D eigenvalue weighted by molar-refractivity contribution is 0.174. The van der Waals surface area contributed by atoms with E-state index in [1.807, 2.05) is 0 Å². The van der Waals surface area contributed by atoms with Crippen LogP contribution in [0.3, 0.4) is 0 Å². The smallest absolute Gasteiger partial charge is 0.242 e. The predicted molar refractivity (Wildman–Crippen MR) is 95.9 cm³/mol. The van der Waals surface area contributed by atoms with Gasteiger partial charge in [-0.05, 0) is 42.8 Å². The average molecular weight is 418 g/mol. The normalized spacial score (nSPS) is 15.0. The molecular weight excluding hydrogens is 402 g/mol. The first-order chi connectivity index (χ1) is 12.1. The summed E-state index contributed by atoms with van der Waals surface area (Å²) in [5.41, 5.74) is 0.660. The van der Waals surface area contributed by atoms with Crippen molar-refractivity contribution in [1.29, 1.82) is 0 Å². The molecule has 0 amide bonds. The number of halogens is 1. The number of benzene rings is 2. The Labute approximate surface area is 156 Å². The van der Waals surface area contributed by atoms with Crippen LogP contribution in [0.5, 0.6) is 11.5 Å². The van der Waals surface area contributed by atoms with E-state index in [-0.39, 0.29) is 21.6 Å². The molecule has 0 spiro atoms. The van der Waals surface area contributed by atoms with Crippen molar-refractivity contribution in [2.24, 2.45) is 0 Å². The maximum Gasteiger partial charge on any atom is 0.242 e. The SMILES string of the molecule is CC(NS(=O)(=O)c1cc(S(C)(=O)=O)ccc1Cl)c1ccc2c(c1)OCO2. The molecule has 1 heterocycles. The van der Waals surface area contributed by atoms with Gasteiger partial charge in [-0.2, -0.15) is 0 Å². The minimum atomic E-state index is -4.05. The number of sulfonamides is 1. The van der Waals surface area contributed by atoms with Crippen molar-refractivity contribution in [2.45, 2.75) is 22.8 Å². The van der Waals surface area contributed by atoms with Crippen LogP contribution in [0, 0.1) is 0 Å². The molecule has 0 aliphatic carbocycles. The van der Waals surface area contributed by atoms with Crippen LogP contribution in [0.4, 0.5) is 0 Å². The third kappa shape index (κ3) is 3.80. The zero-order chi connectivity index (χ0) is 19.1. The summed E-state index contributed by atoms with van der Waals surface area (Å²) >= 11 is 5.99. The highest BCUT2D eigenvalue weighted by Crippen LogP contribution is 2.34. The van der Waals surface area contributed by atoms with Gasteiger partial charge in [0.15, 0.2) is 21.3 Å². The van der Waals surface area contributed by atoms with E-state index in [1.54, 1.807) is 25.1 Å². The second kappa shape index (κ2) is 6.73. The van der Waals surface area contributed by atoms with Gasteiger partial charge in [0.25, 0.3) is 0 Å². The average Bonchev–Trinajstić information content (AvgIpc) is 3.01. The van der Waals surface area contributed by atoms with Crippen molar-refractivity contribution < 1.29 is 26.3 Å². The maximum absolute atomic E-state index is 12.7. The van der Waals surface area contributed by atoms with Crippen LogP contribution < -0.4 is 14.2 Å². The minimum Gasteiger partial charge on any atom is -0.454 e. The van der Waals surface area contributed by atoms with E-state index in [0.717, 1.165) is 12.3 Å². The highest BCUT2D eigenvalue weighted by molar-refractivity contribution is 7.91. The van der Waals surface area contributed by atoms with E-state index >= 15 is 0 Å². The largest absolute Gasteiger partial charge is 0.454 e. The van der Waals surface area contributed by atoms with Gasteiger partial charge >= 0.3 is 0 Å². The molecule has 2 aromatic carbocycles. The number of hydrogen-bond acceptors (Lipinski definition) is 6. The van der Waals surface area contributed by atoms with Gasteiger partial charge in [-0.15, -0.1) is 0 Å². The molecule has 2 aromatic rings. The Morgan fingerprint density at radius 1 is 1.04 bits per heavy atom. The lowest BCUT2D eigenvalue weighted by Gasteiger charge is -2.16. The summed E-state index contributed by atoms with van der Waals surface area (Å²) in [5, 5.41) is -0.0669. The Morgan fingerprint density at radius 2 is 1.73 bits per heavy atom. The monoisotopic (exact) mass is 417 g/mol. The minimum absolute atomic E-state index is 0.0669. The second-order valence-electron chi connectivity index (χ2n) is 5.82. The third-order valence-electron chi connectivity index (χ3n) is 3.85. The van der Waals surface area contributed by atoms with Gasteiger partial charge in [0.1, 0.15) is 4.90 Å². The van der Waals surface area contributed by atoms with E-state index in [9.17, 15) is 16.8 Å². The number of hydrogen-bond donors (Lipinski definition) is 1. The molecule has 10 heteroatoms. The molecular formula is C16H16ClNO6S2. The highest BCUT2D eigenvalue weighted by atomic mass is 35.5. The first-order valence-corrected chi connectivity index (χ1v) is 11.2. The van der Waals surface area contributed by atoms with E-state index in [0.29, 0.717) is 17.1 Å². The van der Waals surface area contributed by atoms with Crippen LogP contribution >= 0.6 is 11.6 Å². The van der Waals surface area contributed by atoms with Crippen molar-refractivity contribution in [3.05, 3.63) is 47.0 Å². The van der Waals surface area contributed by atoms with Crippen LogP contribution in [0.2, 0.25) is 5.02 Å². The lowest BCUT2D eigenvalue weighted by Crippen LogP contribution is -2.27. The quantitative estimate of drug-likeness (QED) is 0.802. The molecule has 1 aliphatic rings. The third-order valence-corrected chi connectivity index (χ3v) is 6.98. The fraction of sp³-hybridized carbons (Fsp3) is 0.250. The molecule has 0 aromatic heterocycles. The van der Waals surface area contributed by atoms with E-state index in [2.05, 4.69) is 4.72 Å². The second-order valence-corrected chi connectivity index (χ2v) is 9.93. The molecule has 1 aliphatic heterocycles. The molecule has 0 saturated carbocycles. The van der Waals surface area contributed by atoms with Crippen molar-refractivity contribution >= 4 is 31.5 Å². The van der Waals surface area contributed by atoms with Crippen LogP contribution in [-0.4, -0.2) is 29.9 Å². The van der Waals surface area contributed by atoms with Gasteiger partial charge in [-0.1, -0.05) is 17.7 Å². The van der Waals surface area contributed by atoms with Crippen LogP contribution in [0.15, 0.2) is 46.2 Å². The molecule has 140 valence electrons. The Balaban J connectivity index is 1.91. The molecule has 1 unspecified atom stereocenters. The van der Waals surface area contributed by atoms with Crippen LogP contribution in [-0.2, 0) is 19.9 Å². The van der Waals surface area contributed by atoms with Gasteiger partial charge < -0.3 is 9.47 Å². The van der Waals surface area contributed by atoms with Crippen molar-refractivity contribution in [3.63, 3.8) is 0 Å². The number of fused-ring (bicyclic) bond motifs is 1. The van der Waals surface area contributed by atoms with E-state index in [4.69, 9.17) is 21.1 Å². The number of sulfone groups is 1. The molecule has 0 radical (unpaired) electrons. The Morgan fingerprint density at radius 3 is 2.42 bits per heavy atom. The van der Waals surface area contributed by atoms with E-state index < -0.39 is 25.9 Å². The number of rotatable bonds is 5. The summed E-state index contributed by atoms with van der Waals surface area (Å²) < 4.78 is 61.8. The van der Waals surface area contributed by atoms with Crippen LogP contribution in [0.1, 0.15) is 18.5 Å². The van der Waals surface area contributed by atoms with Crippen molar-refractivity contribution in [3.8, 4) is 11.5 Å². The fourth-order valence-electron chi connectivity index (χ4n) is 2.47. The van der Waals surface area contributed by atoms with Gasteiger partial charge in [-0.25, -0.2) is 21.6 Å². The first kappa shape index (κ1) is 19.0. The number of nitrogens with one attached hydrogen (secondary N) is 1. The Hall–Kier alpha value is -1.81. The van der Waals surface area contributed by atoms with Gasteiger partial charge in [0.2, 0.25) is 16.8 Å². The summed E-state index contributed by atoms with van der Waals surface area (Å²) in [4.78, 5) is -0.423. The van der Waals surface area contributed by atoms with Gasteiger partial charge in [-0.3, -0.25) is 0 Å². The van der Waals surface area contributed by atoms with Crippen LogP contribution in [0.25, 0.3) is 0 Å². The molecule has 26 heavy (non-hydrogen) atoms. The molecule has 1 N–H and O–H groups in total. The van der Waals surface area contributed by atoms with E-state index in [1.165, 1.54) is 12.1 Å². The lowest BCUT2D eigenvalue weighted by atomic mass is 10.1. The summed E-state index contributed by atoms with van der Waals surface area (Å²) in [6, 6.07) is 8.05. The number of ether oxygens (including phenoxy) is 2. The standard InChI is InChI=1S/C16H16ClNO6S2/c1-10(11-3-6-14-15(7-11)24-9-23-14)18-26(21,22)16-8-12(25(2,19)20)4-5-13(16)17/h3-8,10,18H,9H2,1-2H3. The zero-order valence-electron chi connectivity index (χ0n) is 13.9. The van der Waals surface area contributed by atoms with Gasteiger partial charge in [0.05, 0.1) is 9.92 Å². The molecule has 0 fully saturated rings. The predicted octanol–water partition coefficient (Wildman–Crippen LogP) is 2.51. The molecule has 3 rings (SSSR count). The first-order valence-electron chi connectivity index (χ1n) is 7.49. The molecule has 0 bridgehead atoms. The van der Waals surface area contributed by atoms with Crippen molar-refractivity contribution in [2.75, 3.05) is 13.0 Å². The molecule has 0 saturated heterocycles. The summed E-state index contributed by atoms with van der Waals surface area (Å²) in [7, 11) is -7.62. The highest BCUT2D eigenvalue weighted by Gasteiger charge is 2.24. The van der Waals surface area contributed by atoms with Gasteiger partial charge in [0, 0.05) is 12.3 Å². The summed E-state index contributed by atoms with van der Waals surface area (Å²) in [6.07, 6.45) is 0.995. The summed E-state index contributed by atoms with van der Waals surface area (Å²) in [6.45, 7) is 1.77. The van der Waals surface area contributed by atoms with Crippen molar-refractivity contribution in [1.82, 2.24) is 4.72 Å². The Bertz CT molecular complexity index is 1070. The Kier molecular flexibility index (Phi) is 4.91.